The predicted molar refractivity (Wildman–Crippen MR) is 71.3 cm³/mol. The van der Waals surface area contributed by atoms with Crippen molar-refractivity contribution in [3.63, 3.8) is 0 Å². The Balaban J connectivity index is 2.90. The maximum absolute atomic E-state index is 12.3. The van der Waals surface area contributed by atoms with Gasteiger partial charge in [-0.15, -0.1) is 18.2 Å². The molecule has 100 valence electrons. The number of thioether (sulfide) groups is 1. The van der Waals surface area contributed by atoms with Crippen molar-refractivity contribution in [3.05, 3.63) is 0 Å². The number of carboxylic acids is 1. The molecule has 0 aromatic heterocycles. The first-order chi connectivity index (χ1) is 8.56. The van der Waals surface area contributed by atoms with Gasteiger partial charge in [-0.25, -0.2) is 9.59 Å². The van der Waals surface area contributed by atoms with Crippen LogP contribution in [0, 0.1) is 12.3 Å². The van der Waals surface area contributed by atoms with Crippen molar-refractivity contribution < 1.29 is 14.7 Å². The molecule has 0 aromatic carbocycles. The molecular weight excluding hydrogens is 252 g/mol. The molecule has 1 N–H and O–H groups in total. The van der Waals surface area contributed by atoms with Gasteiger partial charge in [-0.05, 0) is 13.3 Å². The van der Waals surface area contributed by atoms with Crippen molar-refractivity contribution >= 4 is 23.8 Å². The van der Waals surface area contributed by atoms with Crippen LogP contribution in [0.5, 0.6) is 0 Å². The fraction of sp³-hybridized carbons (Fsp3) is 0.667. The van der Waals surface area contributed by atoms with E-state index in [1.165, 1.54) is 21.6 Å². The minimum atomic E-state index is -0.955. The molecule has 1 rings (SSSR count). The number of nitrogens with zero attached hydrogens (tertiary/aromatic N) is 2. The summed E-state index contributed by atoms with van der Waals surface area (Å²) in [5, 5.41) is 9.09. The summed E-state index contributed by atoms with van der Waals surface area (Å²) in [5.74, 6) is 1.91. The zero-order chi connectivity index (χ0) is 13.7. The highest BCUT2D eigenvalue weighted by atomic mass is 32.2. The molecule has 0 bridgehead atoms. The van der Waals surface area contributed by atoms with Crippen LogP contribution in [0.2, 0.25) is 0 Å². The molecule has 0 spiro atoms. The van der Waals surface area contributed by atoms with Crippen LogP contribution in [-0.2, 0) is 4.79 Å². The third-order valence-electron chi connectivity index (χ3n) is 2.88. The lowest BCUT2D eigenvalue weighted by Crippen LogP contribution is -2.51. The summed E-state index contributed by atoms with van der Waals surface area (Å²) < 4.78 is 0. The summed E-state index contributed by atoms with van der Waals surface area (Å²) >= 11 is 1.51. The van der Waals surface area contributed by atoms with Gasteiger partial charge in [0.05, 0.1) is 11.9 Å². The maximum Gasteiger partial charge on any atom is 0.327 e. The molecule has 1 aliphatic heterocycles. The standard InChI is InChI=1S/C12H18N2O3S/c1-4-7-13(6-3)12(17)14-9(11(15)16)8-18-10(14)5-2/h1,9-10H,5-8H2,2-3H3,(H,15,16). The largest absolute Gasteiger partial charge is 0.480 e. The van der Waals surface area contributed by atoms with Crippen LogP contribution >= 0.6 is 11.8 Å². The molecule has 2 amide bonds. The molecule has 5 nitrogen and oxygen atoms in total. The number of terminal acetylenes is 1. The van der Waals surface area contributed by atoms with E-state index >= 15 is 0 Å². The molecule has 1 saturated heterocycles. The Kier molecular flexibility index (Phi) is 5.35. The highest BCUT2D eigenvalue weighted by molar-refractivity contribution is 8.00. The van der Waals surface area contributed by atoms with Crippen molar-refractivity contribution in [1.29, 1.82) is 0 Å². The fourth-order valence-corrected chi connectivity index (χ4v) is 3.25. The summed E-state index contributed by atoms with van der Waals surface area (Å²) in [6.07, 6.45) is 5.95. The number of aliphatic carboxylic acids is 1. The molecule has 0 aromatic rings. The first kappa shape index (κ1) is 14.7. The minimum Gasteiger partial charge on any atom is -0.480 e. The molecule has 1 fully saturated rings. The van der Waals surface area contributed by atoms with E-state index in [1.807, 2.05) is 13.8 Å². The molecule has 2 unspecified atom stereocenters. The fourth-order valence-electron chi connectivity index (χ4n) is 1.91. The molecule has 1 aliphatic rings. The second kappa shape index (κ2) is 6.55. The molecule has 0 radical (unpaired) electrons. The van der Waals surface area contributed by atoms with Gasteiger partial charge >= 0.3 is 12.0 Å². The summed E-state index contributed by atoms with van der Waals surface area (Å²) in [5.41, 5.74) is 0. The Morgan fingerprint density at radius 1 is 1.56 bits per heavy atom. The van der Waals surface area contributed by atoms with Gasteiger partial charge in [-0.2, -0.15) is 0 Å². The van der Waals surface area contributed by atoms with Crippen molar-refractivity contribution in [2.24, 2.45) is 0 Å². The van der Waals surface area contributed by atoms with Crippen LogP contribution in [0.3, 0.4) is 0 Å². The Hall–Kier alpha value is -1.35. The number of carboxylic acid groups (broad SMARTS) is 1. The Morgan fingerprint density at radius 3 is 2.67 bits per heavy atom. The quantitative estimate of drug-likeness (QED) is 0.782. The van der Waals surface area contributed by atoms with E-state index in [0.717, 1.165) is 6.42 Å². The van der Waals surface area contributed by atoms with Gasteiger partial charge < -0.3 is 10.0 Å². The summed E-state index contributed by atoms with van der Waals surface area (Å²) in [6.45, 7) is 4.46. The van der Waals surface area contributed by atoms with E-state index in [2.05, 4.69) is 5.92 Å². The molecule has 18 heavy (non-hydrogen) atoms. The predicted octanol–water partition coefficient (Wildman–Crippen LogP) is 1.30. The van der Waals surface area contributed by atoms with E-state index in [4.69, 9.17) is 11.5 Å². The summed E-state index contributed by atoms with van der Waals surface area (Å²) in [7, 11) is 0. The van der Waals surface area contributed by atoms with E-state index in [0.29, 0.717) is 12.3 Å². The van der Waals surface area contributed by atoms with Crippen LogP contribution in [0.1, 0.15) is 20.3 Å². The number of hydrogen-bond donors (Lipinski definition) is 1. The van der Waals surface area contributed by atoms with Gasteiger partial charge in [0.1, 0.15) is 6.04 Å². The van der Waals surface area contributed by atoms with E-state index < -0.39 is 12.0 Å². The van der Waals surface area contributed by atoms with E-state index in [-0.39, 0.29) is 17.9 Å². The van der Waals surface area contributed by atoms with Crippen LogP contribution in [0.4, 0.5) is 4.79 Å². The van der Waals surface area contributed by atoms with Crippen molar-refractivity contribution in [2.45, 2.75) is 31.7 Å². The Morgan fingerprint density at radius 2 is 2.22 bits per heavy atom. The summed E-state index contributed by atoms with van der Waals surface area (Å²) in [6, 6.07) is -1.03. The number of urea groups is 1. The highest BCUT2D eigenvalue weighted by Gasteiger charge is 2.42. The van der Waals surface area contributed by atoms with Crippen molar-refractivity contribution in [2.75, 3.05) is 18.8 Å². The average molecular weight is 270 g/mol. The topological polar surface area (TPSA) is 60.9 Å². The third kappa shape index (κ3) is 2.91. The summed E-state index contributed by atoms with van der Waals surface area (Å²) in [4.78, 5) is 26.5. The third-order valence-corrected chi connectivity index (χ3v) is 4.34. The molecule has 0 aliphatic carbocycles. The van der Waals surface area contributed by atoms with E-state index in [9.17, 15) is 9.59 Å². The van der Waals surface area contributed by atoms with Gasteiger partial charge in [-0.3, -0.25) is 4.90 Å². The monoisotopic (exact) mass is 270 g/mol. The first-order valence-corrected chi connectivity index (χ1v) is 6.96. The average Bonchev–Trinajstić information content (AvgIpc) is 2.78. The lowest BCUT2D eigenvalue weighted by Gasteiger charge is -2.31. The highest BCUT2D eigenvalue weighted by Crippen LogP contribution is 2.32. The lowest BCUT2D eigenvalue weighted by molar-refractivity contribution is -0.141. The van der Waals surface area contributed by atoms with Gasteiger partial charge in [0.2, 0.25) is 0 Å². The first-order valence-electron chi connectivity index (χ1n) is 5.91. The van der Waals surface area contributed by atoms with E-state index in [1.54, 1.807) is 0 Å². The zero-order valence-corrected chi connectivity index (χ0v) is 11.4. The number of amides is 2. The van der Waals surface area contributed by atoms with Crippen molar-refractivity contribution in [3.8, 4) is 12.3 Å². The number of rotatable bonds is 4. The van der Waals surface area contributed by atoms with Crippen LogP contribution in [0.25, 0.3) is 0 Å². The van der Waals surface area contributed by atoms with Gasteiger partial charge in [-0.1, -0.05) is 12.8 Å². The van der Waals surface area contributed by atoms with Gasteiger partial charge in [0.25, 0.3) is 0 Å². The minimum absolute atomic E-state index is 0.0783. The van der Waals surface area contributed by atoms with Crippen LogP contribution < -0.4 is 0 Å². The molecule has 6 heteroatoms. The molecule has 1 heterocycles. The normalized spacial score (nSPS) is 22.6. The Labute approximate surface area is 112 Å². The second-order valence-electron chi connectivity index (χ2n) is 3.96. The second-order valence-corrected chi connectivity index (χ2v) is 5.17. The lowest BCUT2D eigenvalue weighted by atomic mass is 10.2. The molecular formula is C12H18N2O3S. The van der Waals surface area contributed by atoms with Crippen molar-refractivity contribution in [1.82, 2.24) is 9.80 Å². The Bertz CT molecular complexity index is 367. The van der Waals surface area contributed by atoms with Crippen LogP contribution in [-0.4, -0.2) is 57.2 Å². The van der Waals surface area contributed by atoms with Gasteiger partial charge in [0, 0.05) is 12.3 Å². The maximum atomic E-state index is 12.3. The molecule has 2 atom stereocenters. The smallest absolute Gasteiger partial charge is 0.327 e. The number of carbonyl (C=O) groups is 2. The zero-order valence-electron chi connectivity index (χ0n) is 10.6. The molecule has 0 saturated carbocycles. The van der Waals surface area contributed by atoms with Gasteiger partial charge in [0.15, 0.2) is 0 Å². The number of carbonyl (C=O) groups excluding carboxylic acids is 1. The number of hydrogen-bond acceptors (Lipinski definition) is 3. The SMILES string of the molecule is C#CCN(CC)C(=O)N1C(CC)SCC1C(=O)O. The van der Waals surface area contributed by atoms with Crippen LogP contribution in [0.15, 0.2) is 0 Å².